The molecule has 1 aromatic carbocycles. The summed E-state index contributed by atoms with van der Waals surface area (Å²) in [7, 11) is 0. The highest BCUT2D eigenvalue weighted by Gasteiger charge is 2.23. The minimum atomic E-state index is -0.565. The smallest absolute Gasteiger partial charge is 0.387 e. The van der Waals surface area contributed by atoms with E-state index >= 15 is 0 Å². The van der Waals surface area contributed by atoms with Crippen molar-refractivity contribution in [1.82, 2.24) is 9.78 Å². The monoisotopic (exact) mass is 320 g/mol. The van der Waals surface area contributed by atoms with Crippen molar-refractivity contribution in [2.45, 2.75) is 26.3 Å². The van der Waals surface area contributed by atoms with Crippen molar-refractivity contribution >= 4 is 34.8 Å². The number of nitrogens with zero attached hydrogens (tertiary/aromatic N) is 2. The normalized spacial score (nSPS) is 11.9. The first-order valence-corrected chi connectivity index (χ1v) is 6.59. The maximum Gasteiger partial charge on any atom is 0.437 e. The van der Waals surface area contributed by atoms with Crippen LogP contribution in [0.2, 0.25) is 15.1 Å². The average Bonchev–Trinajstić information content (AvgIpc) is 2.57. The first-order valence-electron chi connectivity index (χ1n) is 5.45. The summed E-state index contributed by atoms with van der Waals surface area (Å²) in [5.74, 6) is -0.490. The second-order valence-corrected chi connectivity index (χ2v) is 6.25. The van der Waals surface area contributed by atoms with Gasteiger partial charge in [-0.1, -0.05) is 34.8 Å². The molecule has 0 aliphatic carbocycles. The Morgan fingerprint density at radius 3 is 2.11 bits per heavy atom. The van der Waals surface area contributed by atoms with E-state index in [1.807, 2.05) is 20.8 Å². The van der Waals surface area contributed by atoms with E-state index in [9.17, 15) is 4.79 Å². The van der Waals surface area contributed by atoms with Gasteiger partial charge < -0.3 is 4.42 Å². The number of hydrogen-bond donors (Lipinski definition) is 0. The molecule has 0 N–H and O–H groups in total. The van der Waals surface area contributed by atoms with E-state index in [-0.39, 0.29) is 15.9 Å². The second-order valence-electron chi connectivity index (χ2n) is 5.00. The molecule has 1 heterocycles. The Labute approximate surface area is 124 Å². The van der Waals surface area contributed by atoms with E-state index in [0.717, 1.165) is 0 Å². The summed E-state index contributed by atoms with van der Waals surface area (Å²) < 4.78 is 6.35. The molecular weight excluding hydrogens is 311 g/mol. The molecule has 2 aromatic rings. The molecule has 2 rings (SSSR count). The Kier molecular flexibility index (Phi) is 3.69. The van der Waals surface area contributed by atoms with Crippen LogP contribution >= 0.6 is 34.8 Å². The lowest BCUT2D eigenvalue weighted by molar-refractivity contribution is 0.325. The summed E-state index contributed by atoms with van der Waals surface area (Å²) in [4.78, 5) is 11.8. The molecule has 0 unspecified atom stereocenters. The van der Waals surface area contributed by atoms with Gasteiger partial charge in [0.1, 0.15) is 0 Å². The molecule has 0 saturated carbocycles. The van der Waals surface area contributed by atoms with Crippen molar-refractivity contribution in [2.75, 3.05) is 0 Å². The van der Waals surface area contributed by atoms with Gasteiger partial charge in [-0.05, 0) is 32.9 Å². The second kappa shape index (κ2) is 4.85. The molecule has 7 heteroatoms. The molecule has 19 heavy (non-hydrogen) atoms. The van der Waals surface area contributed by atoms with Crippen molar-refractivity contribution in [2.24, 2.45) is 0 Å². The van der Waals surface area contributed by atoms with Crippen molar-refractivity contribution in [3.63, 3.8) is 0 Å². The summed E-state index contributed by atoms with van der Waals surface area (Å²) in [6.45, 7) is 5.52. The Hall–Kier alpha value is -0.970. The first-order chi connectivity index (χ1) is 8.70. The highest BCUT2D eigenvalue weighted by atomic mass is 35.5. The summed E-state index contributed by atoms with van der Waals surface area (Å²) in [5.41, 5.74) is -0.141. The Bertz CT molecular complexity index is 660. The van der Waals surface area contributed by atoms with E-state index in [1.54, 1.807) is 0 Å². The molecule has 0 radical (unpaired) electrons. The number of benzene rings is 1. The minimum absolute atomic E-state index is 0.0755. The van der Waals surface area contributed by atoms with Gasteiger partial charge in [-0.3, -0.25) is 0 Å². The molecule has 0 aliphatic heterocycles. The molecule has 0 bridgehead atoms. The van der Waals surface area contributed by atoms with Crippen molar-refractivity contribution in [3.8, 4) is 11.5 Å². The van der Waals surface area contributed by atoms with E-state index in [0.29, 0.717) is 10.6 Å². The summed E-state index contributed by atoms with van der Waals surface area (Å²) in [5, 5.41) is 5.08. The predicted molar refractivity (Wildman–Crippen MR) is 76.2 cm³/mol. The fourth-order valence-corrected chi connectivity index (χ4v) is 2.53. The largest absolute Gasteiger partial charge is 0.437 e. The third kappa shape index (κ3) is 2.81. The van der Waals surface area contributed by atoms with Crippen molar-refractivity contribution in [1.29, 1.82) is 0 Å². The molecule has 0 spiro atoms. The lowest BCUT2D eigenvalue weighted by atomic mass is 10.1. The highest BCUT2D eigenvalue weighted by molar-refractivity contribution is 6.41. The first kappa shape index (κ1) is 14.4. The summed E-state index contributed by atoms with van der Waals surface area (Å²) in [6.07, 6.45) is 0. The van der Waals surface area contributed by atoms with Crippen LogP contribution in [-0.4, -0.2) is 9.78 Å². The molecule has 4 nitrogen and oxygen atoms in total. The number of halogens is 3. The number of rotatable bonds is 1. The van der Waals surface area contributed by atoms with Crippen LogP contribution < -0.4 is 5.76 Å². The molecular formula is C12H11Cl3N2O2. The zero-order valence-electron chi connectivity index (χ0n) is 10.5. The van der Waals surface area contributed by atoms with Gasteiger partial charge in [-0.15, -0.1) is 5.10 Å². The lowest BCUT2D eigenvalue weighted by Gasteiger charge is -2.15. The molecule has 0 fully saturated rings. The van der Waals surface area contributed by atoms with Gasteiger partial charge in [0.05, 0.1) is 21.1 Å². The lowest BCUT2D eigenvalue weighted by Crippen LogP contribution is -2.32. The van der Waals surface area contributed by atoms with E-state index in [2.05, 4.69) is 5.10 Å². The molecule has 0 amide bonds. The van der Waals surface area contributed by atoms with Gasteiger partial charge in [0.25, 0.3) is 5.89 Å². The number of hydrogen-bond acceptors (Lipinski definition) is 3. The molecule has 0 saturated heterocycles. The maximum absolute atomic E-state index is 11.8. The van der Waals surface area contributed by atoms with Gasteiger partial charge >= 0.3 is 5.76 Å². The molecule has 102 valence electrons. The standard InChI is InChI=1S/C12H11Cl3N2O2/c1-12(2,3)17-11(18)19-10(16-17)9-7(14)4-6(13)5-8(9)15/h4-5H,1-3H3. The minimum Gasteiger partial charge on any atom is -0.387 e. The van der Waals surface area contributed by atoms with Gasteiger partial charge in [0, 0.05) is 5.02 Å². The van der Waals surface area contributed by atoms with E-state index in [1.165, 1.54) is 16.8 Å². The SMILES string of the molecule is CC(C)(C)n1nc(-c2c(Cl)cc(Cl)cc2Cl)oc1=O. The van der Waals surface area contributed by atoms with Crippen LogP contribution in [0.5, 0.6) is 0 Å². The van der Waals surface area contributed by atoms with Gasteiger partial charge in [-0.25, -0.2) is 4.79 Å². The molecule has 1 aromatic heterocycles. The van der Waals surface area contributed by atoms with Crippen LogP contribution in [0.15, 0.2) is 21.3 Å². The van der Waals surface area contributed by atoms with E-state index < -0.39 is 11.3 Å². The van der Waals surface area contributed by atoms with Crippen LogP contribution in [0.4, 0.5) is 0 Å². The predicted octanol–water partition coefficient (Wildman–Crippen LogP) is 4.22. The highest BCUT2D eigenvalue weighted by Crippen LogP contribution is 2.36. The summed E-state index contributed by atoms with van der Waals surface area (Å²) in [6, 6.07) is 3.03. The Morgan fingerprint density at radius 1 is 1.16 bits per heavy atom. The van der Waals surface area contributed by atoms with Crippen LogP contribution in [0.25, 0.3) is 11.5 Å². The van der Waals surface area contributed by atoms with Crippen LogP contribution in [-0.2, 0) is 5.54 Å². The zero-order valence-corrected chi connectivity index (χ0v) is 12.8. The fourth-order valence-electron chi connectivity index (χ4n) is 1.55. The van der Waals surface area contributed by atoms with Gasteiger partial charge in [0.15, 0.2) is 0 Å². The Morgan fingerprint density at radius 2 is 1.68 bits per heavy atom. The van der Waals surface area contributed by atoms with Crippen LogP contribution in [0.1, 0.15) is 20.8 Å². The van der Waals surface area contributed by atoms with Crippen molar-refractivity contribution < 1.29 is 4.42 Å². The van der Waals surface area contributed by atoms with Crippen molar-refractivity contribution in [3.05, 3.63) is 37.8 Å². The third-order valence-corrected chi connectivity index (χ3v) is 3.22. The molecule has 0 aliphatic rings. The zero-order chi connectivity index (χ0) is 14.4. The quantitative estimate of drug-likeness (QED) is 0.790. The van der Waals surface area contributed by atoms with E-state index in [4.69, 9.17) is 39.2 Å². The van der Waals surface area contributed by atoms with Gasteiger partial charge in [-0.2, -0.15) is 4.68 Å². The average molecular weight is 322 g/mol. The van der Waals surface area contributed by atoms with Crippen LogP contribution in [0.3, 0.4) is 0 Å². The topological polar surface area (TPSA) is 48.0 Å². The third-order valence-electron chi connectivity index (χ3n) is 2.40. The summed E-state index contributed by atoms with van der Waals surface area (Å²) >= 11 is 18.0. The Balaban J connectivity index is 2.65. The van der Waals surface area contributed by atoms with Crippen LogP contribution in [0, 0.1) is 0 Å². The molecule has 0 atom stereocenters. The number of aromatic nitrogens is 2. The maximum atomic E-state index is 11.8. The van der Waals surface area contributed by atoms with Gasteiger partial charge in [0.2, 0.25) is 0 Å². The fraction of sp³-hybridized carbons (Fsp3) is 0.333.